The van der Waals surface area contributed by atoms with Crippen LogP contribution in [0.15, 0.2) is 28.7 Å². The molecule has 1 N–H and O–H groups in total. The highest BCUT2D eigenvalue weighted by molar-refractivity contribution is 9.10. The van der Waals surface area contributed by atoms with Crippen molar-refractivity contribution in [1.82, 2.24) is 4.84 Å². The first-order valence-corrected chi connectivity index (χ1v) is 4.53. The molecule has 1 aromatic rings. The van der Waals surface area contributed by atoms with Crippen LogP contribution < -0.4 is 4.84 Å². The van der Waals surface area contributed by atoms with Crippen molar-refractivity contribution in [1.29, 1.82) is 0 Å². The van der Waals surface area contributed by atoms with E-state index in [1.54, 1.807) is 12.1 Å². The summed E-state index contributed by atoms with van der Waals surface area (Å²) < 4.78 is 0.892. The van der Waals surface area contributed by atoms with Gasteiger partial charge in [-0.05, 0) is 23.9 Å². The Kier molecular flexibility index (Phi) is 3.72. The number of ketones is 1. The van der Waals surface area contributed by atoms with Crippen LogP contribution in [0.2, 0.25) is 0 Å². The van der Waals surface area contributed by atoms with E-state index in [1.807, 2.05) is 12.1 Å². The molecule has 0 aromatic heterocycles. The van der Waals surface area contributed by atoms with Crippen LogP contribution in [0.5, 0.6) is 0 Å². The Morgan fingerprint density at radius 3 is 2.92 bits per heavy atom. The molecule has 0 saturated carbocycles. The molecular formula is C8H7BrClNO. The number of nitrogens with one attached hydrogen (secondary N) is 1. The van der Waals surface area contributed by atoms with Crippen LogP contribution in [0.3, 0.4) is 0 Å². The molecule has 4 heteroatoms. The maximum atomic E-state index is 11.2. The fourth-order valence-corrected chi connectivity index (χ4v) is 1.35. The van der Waals surface area contributed by atoms with Crippen LogP contribution in [0.4, 0.5) is 0 Å². The molecule has 0 radical (unpaired) electrons. The lowest BCUT2D eigenvalue weighted by Crippen LogP contribution is -2.14. The standard InChI is InChI=1S/C8H7BrClNO/c9-7-3-1-2-6(4-7)8(12)5-11-10/h1-4,11H,5H2. The average molecular weight is 249 g/mol. The van der Waals surface area contributed by atoms with E-state index in [2.05, 4.69) is 20.8 Å². The molecule has 0 spiro atoms. The second-order valence-corrected chi connectivity index (χ2v) is 3.43. The lowest BCUT2D eigenvalue weighted by atomic mass is 10.1. The van der Waals surface area contributed by atoms with Gasteiger partial charge in [0, 0.05) is 10.0 Å². The number of Topliss-reactive ketones (excluding diaryl/α,β-unsaturated/α-hetero) is 1. The summed E-state index contributed by atoms with van der Waals surface area (Å²) in [5.74, 6) is -0.0219. The first-order valence-electron chi connectivity index (χ1n) is 3.36. The van der Waals surface area contributed by atoms with Crippen molar-refractivity contribution in [3.63, 3.8) is 0 Å². The lowest BCUT2D eigenvalue weighted by Gasteiger charge is -1.98. The van der Waals surface area contributed by atoms with Crippen molar-refractivity contribution < 1.29 is 4.79 Å². The highest BCUT2D eigenvalue weighted by Crippen LogP contribution is 2.11. The van der Waals surface area contributed by atoms with Crippen LogP contribution in [0.1, 0.15) is 10.4 Å². The highest BCUT2D eigenvalue weighted by Gasteiger charge is 2.03. The monoisotopic (exact) mass is 247 g/mol. The van der Waals surface area contributed by atoms with Crippen LogP contribution in [-0.4, -0.2) is 12.3 Å². The van der Waals surface area contributed by atoms with Crippen LogP contribution in [0, 0.1) is 0 Å². The first kappa shape index (κ1) is 9.71. The van der Waals surface area contributed by atoms with E-state index in [-0.39, 0.29) is 12.3 Å². The predicted molar refractivity (Wildman–Crippen MR) is 52.3 cm³/mol. The molecule has 0 amide bonds. The van der Waals surface area contributed by atoms with E-state index < -0.39 is 0 Å². The summed E-state index contributed by atoms with van der Waals surface area (Å²) in [5, 5.41) is 0. The predicted octanol–water partition coefficient (Wildman–Crippen LogP) is 2.38. The molecule has 0 atom stereocenters. The van der Waals surface area contributed by atoms with Gasteiger partial charge in [0.25, 0.3) is 0 Å². The van der Waals surface area contributed by atoms with Crippen molar-refractivity contribution in [2.75, 3.05) is 6.54 Å². The molecule has 0 saturated heterocycles. The van der Waals surface area contributed by atoms with E-state index in [0.717, 1.165) is 4.47 Å². The third kappa shape index (κ3) is 2.59. The van der Waals surface area contributed by atoms with Crippen molar-refractivity contribution >= 4 is 33.5 Å². The molecule has 0 aliphatic heterocycles. The van der Waals surface area contributed by atoms with E-state index in [9.17, 15) is 4.79 Å². The highest BCUT2D eigenvalue weighted by atomic mass is 79.9. The van der Waals surface area contributed by atoms with Crippen molar-refractivity contribution in [3.8, 4) is 0 Å². The summed E-state index contributed by atoms with van der Waals surface area (Å²) in [6.45, 7) is 0.151. The Balaban J connectivity index is 2.81. The van der Waals surface area contributed by atoms with Gasteiger partial charge >= 0.3 is 0 Å². The van der Waals surface area contributed by atoms with E-state index in [4.69, 9.17) is 11.8 Å². The third-order valence-corrected chi connectivity index (χ3v) is 2.00. The molecule has 2 nitrogen and oxygen atoms in total. The van der Waals surface area contributed by atoms with Gasteiger partial charge in [0.2, 0.25) is 0 Å². The van der Waals surface area contributed by atoms with E-state index in [1.165, 1.54) is 0 Å². The van der Waals surface area contributed by atoms with Crippen LogP contribution in [0.25, 0.3) is 0 Å². The number of carbonyl (C=O) groups excluding carboxylic acids is 1. The SMILES string of the molecule is O=C(CNCl)c1cccc(Br)c1. The Bertz CT molecular complexity index is 290. The zero-order chi connectivity index (χ0) is 8.97. The molecule has 64 valence electrons. The van der Waals surface area contributed by atoms with Gasteiger partial charge in [0.05, 0.1) is 6.54 Å². The molecular weight excluding hydrogens is 241 g/mol. The topological polar surface area (TPSA) is 29.1 Å². The van der Waals surface area contributed by atoms with Crippen LogP contribution >= 0.6 is 27.7 Å². The minimum atomic E-state index is -0.0219. The number of rotatable bonds is 3. The summed E-state index contributed by atoms with van der Waals surface area (Å²) in [7, 11) is 0. The van der Waals surface area contributed by atoms with Gasteiger partial charge in [-0.2, -0.15) is 0 Å². The summed E-state index contributed by atoms with van der Waals surface area (Å²) in [6, 6.07) is 7.19. The molecule has 0 heterocycles. The Hall–Kier alpha value is -0.380. The molecule has 0 aliphatic rings. The van der Waals surface area contributed by atoms with Gasteiger partial charge in [-0.1, -0.05) is 28.1 Å². The average Bonchev–Trinajstić information content (AvgIpc) is 2.05. The molecule has 12 heavy (non-hydrogen) atoms. The Morgan fingerprint density at radius 2 is 2.33 bits per heavy atom. The lowest BCUT2D eigenvalue weighted by molar-refractivity contribution is 0.0997. The van der Waals surface area contributed by atoms with Gasteiger partial charge in [-0.15, -0.1) is 0 Å². The molecule has 0 unspecified atom stereocenters. The Morgan fingerprint density at radius 1 is 1.58 bits per heavy atom. The smallest absolute Gasteiger partial charge is 0.177 e. The molecule has 1 rings (SSSR count). The zero-order valence-corrected chi connectivity index (χ0v) is 8.52. The number of halogens is 2. The number of hydrogen-bond acceptors (Lipinski definition) is 2. The van der Waals surface area contributed by atoms with Gasteiger partial charge in [0.15, 0.2) is 5.78 Å². The molecule has 1 aromatic carbocycles. The van der Waals surface area contributed by atoms with Crippen molar-refractivity contribution in [3.05, 3.63) is 34.3 Å². The van der Waals surface area contributed by atoms with E-state index >= 15 is 0 Å². The summed E-state index contributed by atoms with van der Waals surface area (Å²) in [5.41, 5.74) is 0.650. The minimum Gasteiger partial charge on any atom is -0.293 e. The summed E-state index contributed by atoms with van der Waals surface area (Å²) in [6.07, 6.45) is 0. The molecule has 0 aliphatic carbocycles. The van der Waals surface area contributed by atoms with Gasteiger partial charge < -0.3 is 0 Å². The second-order valence-electron chi connectivity index (χ2n) is 2.24. The largest absolute Gasteiger partial charge is 0.293 e. The zero-order valence-electron chi connectivity index (χ0n) is 6.18. The number of hydrogen-bond donors (Lipinski definition) is 1. The first-order chi connectivity index (χ1) is 5.74. The number of benzene rings is 1. The quantitative estimate of drug-likeness (QED) is 0.657. The van der Waals surface area contributed by atoms with E-state index in [0.29, 0.717) is 5.56 Å². The van der Waals surface area contributed by atoms with Gasteiger partial charge in [-0.25, -0.2) is 4.84 Å². The fourth-order valence-electron chi connectivity index (χ4n) is 0.825. The normalized spacial score (nSPS) is 9.83. The maximum Gasteiger partial charge on any atom is 0.177 e. The maximum absolute atomic E-state index is 11.2. The van der Waals surface area contributed by atoms with Gasteiger partial charge in [-0.3, -0.25) is 4.79 Å². The van der Waals surface area contributed by atoms with Crippen molar-refractivity contribution in [2.45, 2.75) is 0 Å². The fraction of sp³-hybridized carbons (Fsp3) is 0.125. The Labute approximate surface area is 84.2 Å². The van der Waals surface area contributed by atoms with Gasteiger partial charge in [0.1, 0.15) is 0 Å². The number of carbonyl (C=O) groups is 1. The van der Waals surface area contributed by atoms with Crippen LogP contribution in [-0.2, 0) is 0 Å². The second kappa shape index (κ2) is 4.60. The summed E-state index contributed by atoms with van der Waals surface area (Å²) >= 11 is 8.48. The minimum absolute atomic E-state index is 0.0219. The van der Waals surface area contributed by atoms with Crippen molar-refractivity contribution in [2.24, 2.45) is 0 Å². The summed E-state index contributed by atoms with van der Waals surface area (Å²) in [4.78, 5) is 13.5. The molecule has 0 bridgehead atoms. The third-order valence-electron chi connectivity index (χ3n) is 1.37. The molecule has 0 fully saturated rings.